The number of aliphatic hydroxyl groups is 1. The maximum absolute atomic E-state index is 13.7. The van der Waals surface area contributed by atoms with Crippen molar-refractivity contribution in [1.82, 2.24) is 14.7 Å². The van der Waals surface area contributed by atoms with E-state index in [1.165, 1.54) is 12.1 Å². The molecule has 0 unspecified atom stereocenters. The van der Waals surface area contributed by atoms with E-state index in [-0.39, 0.29) is 11.6 Å². The molecule has 1 fully saturated rings. The van der Waals surface area contributed by atoms with Gasteiger partial charge in [-0.1, -0.05) is 6.07 Å². The van der Waals surface area contributed by atoms with Crippen LogP contribution in [0.1, 0.15) is 24.5 Å². The highest BCUT2D eigenvalue weighted by molar-refractivity contribution is 5.21. The Balaban J connectivity index is 1.65. The molecule has 0 bridgehead atoms. The quantitative estimate of drug-likeness (QED) is 0.922. The summed E-state index contributed by atoms with van der Waals surface area (Å²) in [4.78, 5) is 2.15. The number of hydrogen-bond acceptors (Lipinski definition) is 3. The molecule has 0 radical (unpaired) electrons. The van der Waals surface area contributed by atoms with E-state index < -0.39 is 17.7 Å². The lowest BCUT2D eigenvalue weighted by atomic mass is 10.1. The van der Waals surface area contributed by atoms with E-state index in [2.05, 4.69) is 10.00 Å². The van der Waals surface area contributed by atoms with Gasteiger partial charge in [-0.05, 0) is 31.5 Å². The van der Waals surface area contributed by atoms with Gasteiger partial charge in [0.15, 0.2) is 0 Å². The molecule has 6 heteroatoms. The summed E-state index contributed by atoms with van der Waals surface area (Å²) in [6, 6.07) is 5.45. The molecule has 0 aliphatic carbocycles. The third-order valence-electron chi connectivity index (χ3n) is 4.19. The third kappa shape index (κ3) is 3.34. The summed E-state index contributed by atoms with van der Waals surface area (Å²) in [6.07, 6.45) is 4.76. The Morgan fingerprint density at radius 3 is 2.95 bits per heavy atom. The lowest BCUT2D eigenvalue weighted by molar-refractivity contribution is 0.0977. The number of hydrogen-bond donors (Lipinski definition) is 1. The van der Waals surface area contributed by atoms with Crippen molar-refractivity contribution in [3.63, 3.8) is 0 Å². The van der Waals surface area contributed by atoms with Crippen molar-refractivity contribution in [2.45, 2.75) is 31.5 Å². The molecule has 1 aliphatic rings. The van der Waals surface area contributed by atoms with Crippen molar-refractivity contribution >= 4 is 0 Å². The van der Waals surface area contributed by atoms with Crippen LogP contribution in [0.5, 0.6) is 0 Å². The number of benzene rings is 1. The first-order valence-corrected chi connectivity index (χ1v) is 7.48. The Bertz CT molecular complexity index is 618. The zero-order valence-corrected chi connectivity index (χ0v) is 12.2. The second-order valence-electron chi connectivity index (χ2n) is 5.70. The first-order valence-electron chi connectivity index (χ1n) is 7.48. The van der Waals surface area contributed by atoms with Gasteiger partial charge in [0.25, 0.3) is 0 Å². The Labute approximate surface area is 128 Å². The van der Waals surface area contributed by atoms with E-state index in [9.17, 15) is 13.9 Å². The van der Waals surface area contributed by atoms with Crippen LogP contribution < -0.4 is 0 Å². The summed E-state index contributed by atoms with van der Waals surface area (Å²) in [5.74, 6) is -1.33. The van der Waals surface area contributed by atoms with Gasteiger partial charge in [-0.2, -0.15) is 5.10 Å². The number of aliphatic hydroxyl groups excluding tert-OH is 1. The van der Waals surface area contributed by atoms with Crippen molar-refractivity contribution in [2.75, 3.05) is 13.1 Å². The van der Waals surface area contributed by atoms with Gasteiger partial charge in [0, 0.05) is 36.6 Å². The molecule has 118 valence electrons. The molecule has 1 aromatic heterocycles. The zero-order valence-electron chi connectivity index (χ0n) is 12.2. The number of likely N-dealkylation sites (tertiary alicyclic amines) is 1. The number of rotatable bonds is 5. The van der Waals surface area contributed by atoms with E-state index in [0.717, 1.165) is 32.0 Å². The van der Waals surface area contributed by atoms with Gasteiger partial charge in [0.1, 0.15) is 11.6 Å². The highest BCUT2D eigenvalue weighted by Gasteiger charge is 2.28. The monoisotopic (exact) mass is 307 g/mol. The smallest absolute Gasteiger partial charge is 0.131 e. The Hall–Kier alpha value is -1.79. The highest BCUT2D eigenvalue weighted by Crippen LogP contribution is 2.24. The largest absolute Gasteiger partial charge is 0.387 e. The summed E-state index contributed by atoms with van der Waals surface area (Å²) < 4.78 is 28.6. The third-order valence-corrected chi connectivity index (χ3v) is 4.19. The predicted octanol–water partition coefficient (Wildman–Crippen LogP) is 2.36. The van der Waals surface area contributed by atoms with Gasteiger partial charge in [0.05, 0.1) is 12.6 Å². The summed E-state index contributed by atoms with van der Waals surface area (Å²) in [5.41, 5.74) is 0.145. The summed E-state index contributed by atoms with van der Waals surface area (Å²) >= 11 is 0. The molecular weight excluding hydrogens is 288 g/mol. The fraction of sp³-hybridized carbons (Fsp3) is 0.438. The maximum atomic E-state index is 13.7. The van der Waals surface area contributed by atoms with Crippen LogP contribution in [0.3, 0.4) is 0 Å². The molecular formula is C16H19F2N3O. The van der Waals surface area contributed by atoms with E-state index in [0.29, 0.717) is 6.54 Å². The molecule has 1 saturated heterocycles. The summed E-state index contributed by atoms with van der Waals surface area (Å²) in [6.45, 7) is 1.96. The lowest BCUT2D eigenvalue weighted by Gasteiger charge is -2.27. The highest BCUT2D eigenvalue weighted by atomic mass is 19.1. The lowest BCUT2D eigenvalue weighted by Crippen LogP contribution is -2.36. The maximum Gasteiger partial charge on any atom is 0.131 e. The number of nitrogens with zero attached hydrogens (tertiary/aromatic N) is 3. The number of β-amino-alcohol motifs (C(OH)–C–C–N with tert-alkyl or cyclic N) is 1. The van der Waals surface area contributed by atoms with Crippen LogP contribution in [-0.4, -0.2) is 38.9 Å². The standard InChI is InChI=1S/C16H19F2N3O/c17-12-4-5-14(15(18)9-12)16(22)11-20-7-1-3-13(20)10-21-8-2-6-19-21/h2,4-6,8-9,13,16,22H,1,3,7,10-11H2/t13-,16+/m0/s1. The summed E-state index contributed by atoms with van der Waals surface area (Å²) in [7, 11) is 0. The molecule has 0 saturated carbocycles. The fourth-order valence-corrected chi connectivity index (χ4v) is 3.06. The van der Waals surface area contributed by atoms with Crippen molar-refractivity contribution in [2.24, 2.45) is 0 Å². The molecule has 1 aliphatic heterocycles. The molecule has 0 amide bonds. The van der Waals surface area contributed by atoms with E-state index in [4.69, 9.17) is 0 Å². The SMILES string of the molecule is O[C@H](CN1CCC[C@H]1Cn1cccn1)c1ccc(F)cc1F. The first-order chi connectivity index (χ1) is 10.6. The van der Waals surface area contributed by atoms with Crippen LogP contribution in [0.4, 0.5) is 8.78 Å². The number of halogens is 2. The second-order valence-corrected chi connectivity index (χ2v) is 5.70. The molecule has 1 aromatic carbocycles. The molecule has 22 heavy (non-hydrogen) atoms. The second kappa shape index (κ2) is 6.54. The van der Waals surface area contributed by atoms with Crippen LogP contribution in [0, 0.1) is 11.6 Å². The average molecular weight is 307 g/mol. The van der Waals surface area contributed by atoms with Gasteiger partial charge in [-0.25, -0.2) is 8.78 Å². The number of aromatic nitrogens is 2. The minimum Gasteiger partial charge on any atom is -0.387 e. The average Bonchev–Trinajstić information content (AvgIpc) is 3.12. The van der Waals surface area contributed by atoms with E-state index in [1.54, 1.807) is 6.20 Å². The van der Waals surface area contributed by atoms with Crippen LogP contribution in [-0.2, 0) is 6.54 Å². The molecule has 2 aromatic rings. The van der Waals surface area contributed by atoms with Crippen LogP contribution in [0.15, 0.2) is 36.7 Å². The van der Waals surface area contributed by atoms with Gasteiger partial charge in [0.2, 0.25) is 0 Å². The van der Waals surface area contributed by atoms with Gasteiger partial charge < -0.3 is 5.11 Å². The van der Waals surface area contributed by atoms with E-state index in [1.807, 2.05) is 16.9 Å². The molecule has 2 heterocycles. The van der Waals surface area contributed by atoms with Gasteiger partial charge in [-0.3, -0.25) is 9.58 Å². The zero-order chi connectivity index (χ0) is 15.5. The first kappa shape index (κ1) is 15.1. The predicted molar refractivity (Wildman–Crippen MR) is 78.1 cm³/mol. The Kier molecular flexibility index (Phi) is 4.49. The molecule has 3 rings (SSSR count). The van der Waals surface area contributed by atoms with Crippen molar-refractivity contribution < 1.29 is 13.9 Å². The van der Waals surface area contributed by atoms with E-state index >= 15 is 0 Å². The summed E-state index contributed by atoms with van der Waals surface area (Å²) in [5, 5.41) is 14.5. The Morgan fingerprint density at radius 1 is 1.36 bits per heavy atom. The molecule has 2 atom stereocenters. The topological polar surface area (TPSA) is 41.3 Å². The normalized spacial score (nSPS) is 20.4. The minimum atomic E-state index is -0.959. The minimum absolute atomic E-state index is 0.145. The fourth-order valence-electron chi connectivity index (χ4n) is 3.06. The van der Waals surface area contributed by atoms with Crippen molar-refractivity contribution in [3.8, 4) is 0 Å². The van der Waals surface area contributed by atoms with Crippen LogP contribution in [0.25, 0.3) is 0 Å². The van der Waals surface area contributed by atoms with Crippen LogP contribution >= 0.6 is 0 Å². The van der Waals surface area contributed by atoms with Crippen LogP contribution in [0.2, 0.25) is 0 Å². The Morgan fingerprint density at radius 2 is 2.23 bits per heavy atom. The molecule has 1 N–H and O–H groups in total. The molecule has 4 nitrogen and oxygen atoms in total. The molecule has 0 spiro atoms. The van der Waals surface area contributed by atoms with Crippen molar-refractivity contribution in [3.05, 3.63) is 53.9 Å². The van der Waals surface area contributed by atoms with Gasteiger partial charge >= 0.3 is 0 Å². The van der Waals surface area contributed by atoms with Crippen molar-refractivity contribution in [1.29, 1.82) is 0 Å². The van der Waals surface area contributed by atoms with Gasteiger partial charge in [-0.15, -0.1) is 0 Å².